The third kappa shape index (κ3) is 6.30. The van der Waals surface area contributed by atoms with Crippen LogP contribution in [0.15, 0.2) is 0 Å². The zero-order valence-corrected chi connectivity index (χ0v) is 11.4. The predicted octanol–water partition coefficient (Wildman–Crippen LogP) is -0.813. The van der Waals surface area contributed by atoms with Crippen LogP contribution in [0.1, 0.15) is 12.8 Å². The molecule has 1 fully saturated rings. The molecule has 0 aromatic heterocycles. The van der Waals surface area contributed by atoms with Crippen LogP contribution in [0, 0.1) is 0 Å². The number of carbonyl (C=O) groups is 1. The molecule has 0 bridgehead atoms. The number of carbonyl (C=O) groups excluding carboxylic acids is 1. The van der Waals surface area contributed by atoms with Gasteiger partial charge in [-0.15, -0.1) is 0 Å². The minimum Gasteiger partial charge on any atom is -0.383 e. The molecule has 0 radical (unpaired) electrons. The molecule has 1 aliphatic carbocycles. The van der Waals surface area contributed by atoms with Crippen molar-refractivity contribution in [2.75, 3.05) is 47.1 Å². The van der Waals surface area contributed by atoms with Crippen molar-refractivity contribution in [1.29, 1.82) is 0 Å². The van der Waals surface area contributed by atoms with Crippen LogP contribution >= 0.6 is 0 Å². The number of nitrogens with zero attached hydrogens (tertiary/aromatic N) is 1. The van der Waals surface area contributed by atoms with E-state index in [0.29, 0.717) is 25.8 Å². The molecule has 1 aliphatic rings. The van der Waals surface area contributed by atoms with Gasteiger partial charge in [-0.3, -0.25) is 9.69 Å². The Bertz CT molecular complexity index is 239. The Kier molecular flexibility index (Phi) is 7.19. The molecule has 0 aromatic rings. The van der Waals surface area contributed by atoms with Crippen LogP contribution in [0.2, 0.25) is 0 Å². The van der Waals surface area contributed by atoms with Gasteiger partial charge in [0.05, 0.1) is 19.3 Å². The van der Waals surface area contributed by atoms with Gasteiger partial charge in [-0.2, -0.15) is 0 Å². The monoisotopic (exact) mass is 259 g/mol. The van der Waals surface area contributed by atoms with Crippen molar-refractivity contribution in [1.82, 2.24) is 10.2 Å². The van der Waals surface area contributed by atoms with Gasteiger partial charge < -0.3 is 20.5 Å². The van der Waals surface area contributed by atoms with Gasteiger partial charge >= 0.3 is 0 Å². The van der Waals surface area contributed by atoms with Crippen molar-refractivity contribution in [3.63, 3.8) is 0 Å². The zero-order valence-electron chi connectivity index (χ0n) is 11.4. The summed E-state index contributed by atoms with van der Waals surface area (Å²) in [5, 5.41) is 3.28. The molecule has 0 aromatic carbocycles. The van der Waals surface area contributed by atoms with Crippen molar-refractivity contribution >= 4 is 5.91 Å². The Hall–Kier alpha value is -0.690. The van der Waals surface area contributed by atoms with Gasteiger partial charge in [-0.1, -0.05) is 0 Å². The number of amides is 1. The molecule has 1 atom stereocenters. The highest BCUT2D eigenvalue weighted by Crippen LogP contribution is 2.19. The van der Waals surface area contributed by atoms with E-state index in [1.54, 1.807) is 14.2 Å². The molecule has 106 valence electrons. The molecule has 0 aliphatic heterocycles. The van der Waals surface area contributed by atoms with Gasteiger partial charge in [0.2, 0.25) is 5.91 Å². The second-order valence-corrected chi connectivity index (χ2v) is 4.68. The first-order valence-corrected chi connectivity index (χ1v) is 6.43. The molecule has 6 nitrogen and oxygen atoms in total. The number of nitrogens with one attached hydrogen (secondary N) is 1. The fourth-order valence-corrected chi connectivity index (χ4v) is 1.75. The molecule has 1 unspecified atom stereocenters. The lowest BCUT2D eigenvalue weighted by molar-refractivity contribution is -0.120. The minimum absolute atomic E-state index is 0.286. The number of hydrogen-bond donors (Lipinski definition) is 2. The number of hydrogen-bond acceptors (Lipinski definition) is 5. The Balaban J connectivity index is 2.39. The maximum atomic E-state index is 11.4. The molecular formula is C12H25N3O3. The highest BCUT2D eigenvalue weighted by atomic mass is 16.5. The summed E-state index contributed by atoms with van der Waals surface area (Å²) < 4.78 is 10.1. The smallest absolute Gasteiger partial charge is 0.235 e. The molecule has 0 saturated heterocycles. The van der Waals surface area contributed by atoms with Crippen LogP contribution in [0.4, 0.5) is 0 Å². The van der Waals surface area contributed by atoms with Gasteiger partial charge in [0.15, 0.2) is 0 Å². The highest BCUT2D eigenvalue weighted by molar-refractivity contribution is 5.80. The van der Waals surface area contributed by atoms with Crippen molar-refractivity contribution < 1.29 is 14.3 Å². The van der Waals surface area contributed by atoms with Gasteiger partial charge in [-0.05, 0) is 12.8 Å². The molecule has 1 amide bonds. The second kappa shape index (κ2) is 8.42. The average Bonchev–Trinajstić information content (AvgIpc) is 3.15. The number of primary amides is 1. The first-order chi connectivity index (χ1) is 8.67. The first-order valence-electron chi connectivity index (χ1n) is 6.43. The topological polar surface area (TPSA) is 76.8 Å². The van der Waals surface area contributed by atoms with Crippen LogP contribution < -0.4 is 11.1 Å². The lowest BCUT2D eigenvalue weighted by Crippen LogP contribution is -2.51. The molecule has 0 heterocycles. The van der Waals surface area contributed by atoms with E-state index in [-0.39, 0.29) is 11.9 Å². The number of nitrogens with two attached hydrogens (primary N) is 1. The van der Waals surface area contributed by atoms with Crippen LogP contribution in [-0.2, 0) is 14.3 Å². The van der Waals surface area contributed by atoms with Crippen molar-refractivity contribution in [2.24, 2.45) is 5.73 Å². The van der Waals surface area contributed by atoms with E-state index >= 15 is 0 Å². The summed E-state index contributed by atoms with van der Waals surface area (Å²) in [5.74, 6) is -0.290. The lowest BCUT2D eigenvalue weighted by atomic mass is 10.2. The van der Waals surface area contributed by atoms with E-state index in [1.807, 2.05) is 0 Å². The van der Waals surface area contributed by atoms with Gasteiger partial charge in [-0.25, -0.2) is 0 Å². The number of ether oxygens (including phenoxy) is 2. The summed E-state index contributed by atoms with van der Waals surface area (Å²) in [7, 11) is 3.34. The van der Waals surface area contributed by atoms with E-state index in [0.717, 1.165) is 25.9 Å². The van der Waals surface area contributed by atoms with E-state index in [2.05, 4.69) is 10.2 Å². The second-order valence-electron chi connectivity index (χ2n) is 4.68. The molecule has 3 N–H and O–H groups in total. The standard InChI is InChI=1S/C12H25N3O3/c1-17-7-5-15(6-8-18-2)9-11(12(13)16)14-10-3-4-10/h10-11,14H,3-9H2,1-2H3,(H2,13,16). The van der Waals surface area contributed by atoms with Gasteiger partial charge in [0, 0.05) is 39.9 Å². The number of rotatable bonds is 11. The van der Waals surface area contributed by atoms with Crippen molar-refractivity contribution in [3.05, 3.63) is 0 Å². The van der Waals surface area contributed by atoms with Gasteiger partial charge in [0.1, 0.15) is 0 Å². The lowest BCUT2D eigenvalue weighted by Gasteiger charge is -2.26. The minimum atomic E-state index is -0.290. The maximum Gasteiger partial charge on any atom is 0.235 e. The highest BCUT2D eigenvalue weighted by Gasteiger charge is 2.28. The molecule has 0 spiro atoms. The van der Waals surface area contributed by atoms with Crippen LogP contribution in [-0.4, -0.2) is 70.0 Å². The molecule has 18 heavy (non-hydrogen) atoms. The maximum absolute atomic E-state index is 11.4. The molecular weight excluding hydrogens is 234 g/mol. The number of methoxy groups -OCH3 is 2. The van der Waals surface area contributed by atoms with E-state index < -0.39 is 0 Å². The van der Waals surface area contributed by atoms with Crippen molar-refractivity contribution in [3.8, 4) is 0 Å². The van der Waals surface area contributed by atoms with Crippen LogP contribution in [0.25, 0.3) is 0 Å². The summed E-state index contributed by atoms with van der Waals surface area (Å²) in [5.41, 5.74) is 5.43. The van der Waals surface area contributed by atoms with Crippen LogP contribution in [0.3, 0.4) is 0 Å². The average molecular weight is 259 g/mol. The Labute approximate surface area is 109 Å². The summed E-state index contributed by atoms with van der Waals surface area (Å²) in [6, 6.07) is 0.181. The van der Waals surface area contributed by atoms with E-state index in [4.69, 9.17) is 15.2 Å². The molecule has 1 rings (SSSR count). The molecule has 1 saturated carbocycles. The third-order valence-corrected chi connectivity index (χ3v) is 3.02. The first kappa shape index (κ1) is 15.4. The molecule has 6 heteroatoms. The largest absolute Gasteiger partial charge is 0.383 e. The third-order valence-electron chi connectivity index (χ3n) is 3.02. The predicted molar refractivity (Wildman–Crippen MR) is 69.3 cm³/mol. The van der Waals surface area contributed by atoms with E-state index in [1.165, 1.54) is 0 Å². The van der Waals surface area contributed by atoms with Crippen LogP contribution in [0.5, 0.6) is 0 Å². The summed E-state index contributed by atoms with van der Waals surface area (Å²) in [6.07, 6.45) is 2.28. The Morgan fingerprint density at radius 3 is 2.28 bits per heavy atom. The van der Waals surface area contributed by atoms with Gasteiger partial charge in [0.25, 0.3) is 0 Å². The zero-order chi connectivity index (χ0) is 13.4. The summed E-state index contributed by atoms with van der Waals surface area (Å²) >= 11 is 0. The summed E-state index contributed by atoms with van der Waals surface area (Å²) in [6.45, 7) is 3.43. The SMILES string of the molecule is COCCN(CCOC)CC(NC1CC1)C(N)=O. The summed E-state index contributed by atoms with van der Waals surface area (Å²) in [4.78, 5) is 13.6. The quantitative estimate of drug-likeness (QED) is 0.507. The fourth-order valence-electron chi connectivity index (χ4n) is 1.75. The van der Waals surface area contributed by atoms with E-state index in [9.17, 15) is 4.79 Å². The normalized spacial score (nSPS) is 17.1. The Morgan fingerprint density at radius 2 is 1.89 bits per heavy atom. The Morgan fingerprint density at radius 1 is 1.33 bits per heavy atom. The van der Waals surface area contributed by atoms with Crippen molar-refractivity contribution in [2.45, 2.75) is 24.9 Å². The fraction of sp³-hybridized carbons (Fsp3) is 0.917.